The second kappa shape index (κ2) is 24.1. The molecule has 29 atom stereocenters. The van der Waals surface area contributed by atoms with Crippen LogP contribution in [0, 0.1) is 50.2 Å². The molecule has 0 radical (unpaired) electrons. The molecule has 0 bridgehead atoms. The van der Waals surface area contributed by atoms with Crippen molar-refractivity contribution in [3.63, 3.8) is 0 Å². The lowest BCUT2D eigenvalue weighted by Crippen LogP contribution is -2.69. The summed E-state index contributed by atoms with van der Waals surface area (Å²) in [7, 11) is 0. The predicted octanol–water partition coefficient (Wildman–Crippen LogP) is -2.15. The van der Waals surface area contributed by atoms with Gasteiger partial charge in [-0.05, 0) is 109 Å². The molecule has 0 aromatic rings. The molecule has 0 aromatic heterocycles. The number of aliphatic hydroxyl groups is 13. The molecule has 4 saturated carbocycles. The summed E-state index contributed by atoms with van der Waals surface area (Å²) >= 11 is 0. The molecule has 5 heterocycles. The number of rotatable bonds is 14. The number of nitrogens with one attached hydrogen (secondary N) is 1. The quantitative estimate of drug-likeness (QED) is 0.0501. The van der Waals surface area contributed by atoms with Crippen LogP contribution >= 0.6 is 0 Å². The Hall–Kier alpha value is -2.20. The van der Waals surface area contributed by atoms with Crippen LogP contribution in [0.25, 0.3) is 0 Å². The van der Waals surface area contributed by atoms with Crippen LogP contribution in [-0.4, -0.2) is 253 Å². The van der Waals surface area contributed by atoms with Gasteiger partial charge in [-0.1, -0.05) is 60.1 Å². The molecule has 1 amide bonds. The van der Waals surface area contributed by atoms with Crippen molar-refractivity contribution in [1.82, 2.24) is 5.32 Å². The lowest BCUT2D eigenvalue weighted by molar-refractivity contribution is -0.348. The van der Waals surface area contributed by atoms with E-state index in [9.17, 15) is 71.2 Å². The number of allylic oxidation sites excluding steroid dienone is 2. The predicted molar refractivity (Wildman–Crippen MR) is 289 cm³/mol. The van der Waals surface area contributed by atoms with E-state index in [-0.39, 0.29) is 46.0 Å². The maximum absolute atomic E-state index is 15.3. The van der Waals surface area contributed by atoms with Crippen molar-refractivity contribution in [2.24, 2.45) is 50.2 Å². The summed E-state index contributed by atoms with van der Waals surface area (Å²) in [4.78, 5) is 28.4. The standard InChI is InChI=1S/C59H95NO25/c1-26(63)60-36-44(83-49-43(72)38(67)30(65)22-77-49)40(69)32(23-78-48-42(71)37(66)29(64)21-76-48)81-47(36)82-35-12-13-55(6)33(54(35,4)5)11-14-57(8)34(55)10-9-27-28-19-53(2,3)15-17-58(28,18-16-56(27,57)7)52(74)85-50-45(41(70)39(68)31(20-61)80-50)84-51-46(73)59(75,24-62)25-79-51/h9,28-51,61-62,64-73,75H,10-25H2,1-8H3,(H,60,63)/t28?,29-,30+,31+,32+,33?,34?,35-,36+,37-,38-,39+,40+,41-,42+,43+,44+,45+,46-,47-,48-,49-,50-,51-,55-,56+,57+,58-,59+/m0/s1. The van der Waals surface area contributed by atoms with E-state index >= 15 is 4.79 Å². The van der Waals surface area contributed by atoms with Crippen LogP contribution in [0.15, 0.2) is 11.6 Å². The van der Waals surface area contributed by atoms with Crippen LogP contribution in [0.3, 0.4) is 0 Å². The Morgan fingerprint density at radius 1 is 0.647 bits per heavy atom. The van der Waals surface area contributed by atoms with Gasteiger partial charge in [-0.3, -0.25) is 9.59 Å². The van der Waals surface area contributed by atoms with Gasteiger partial charge >= 0.3 is 5.97 Å². The number of amides is 1. The largest absolute Gasteiger partial charge is 0.432 e. The van der Waals surface area contributed by atoms with Crippen molar-refractivity contribution in [3.05, 3.63) is 11.6 Å². The number of esters is 1. The van der Waals surface area contributed by atoms with Gasteiger partial charge < -0.3 is 119 Å². The summed E-state index contributed by atoms with van der Waals surface area (Å²) in [5.41, 5.74) is -3.55. The first-order valence-corrected chi connectivity index (χ1v) is 30.5. The lowest BCUT2D eigenvalue weighted by atomic mass is 9.33. The Morgan fingerprint density at radius 3 is 1.93 bits per heavy atom. The molecular formula is C59H95NO25. The summed E-state index contributed by atoms with van der Waals surface area (Å²) in [5.74, 6) is -1.15. The highest BCUT2D eigenvalue weighted by atomic mass is 16.8. The van der Waals surface area contributed by atoms with Crippen LogP contribution < -0.4 is 5.32 Å². The molecule has 26 nitrogen and oxygen atoms in total. The molecule has 5 aliphatic carbocycles. The number of ether oxygens (including phenoxy) is 10. The minimum atomic E-state index is -2.08. The highest BCUT2D eigenvalue weighted by Gasteiger charge is 2.70. The lowest BCUT2D eigenvalue weighted by Gasteiger charge is -2.71. The first-order chi connectivity index (χ1) is 39.8. The Labute approximate surface area is 494 Å². The van der Waals surface area contributed by atoms with Gasteiger partial charge in [0, 0.05) is 6.92 Å². The summed E-state index contributed by atoms with van der Waals surface area (Å²) in [6, 6.07) is -1.25. The Bertz CT molecular complexity index is 2420. The average Bonchev–Trinajstić information content (AvgIpc) is 1.04. The van der Waals surface area contributed by atoms with Gasteiger partial charge in [-0.2, -0.15) is 0 Å². The van der Waals surface area contributed by atoms with E-state index in [1.54, 1.807) is 0 Å². The first-order valence-electron chi connectivity index (χ1n) is 30.5. The third-order valence-electron chi connectivity index (χ3n) is 22.9. The number of aliphatic hydroxyl groups excluding tert-OH is 12. The number of carbonyl (C=O) groups excluding carboxylic acids is 2. The van der Waals surface area contributed by atoms with Crippen LogP contribution in [0.4, 0.5) is 0 Å². The molecule has 9 fully saturated rings. The molecule has 5 saturated heterocycles. The molecule has 486 valence electrons. The van der Waals surface area contributed by atoms with Crippen molar-refractivity contribution in [1.29, 1.82) is 0 Å². The average molecular weight is 1220 g/mol. The highest BCUT2D eigenvalue weighted by Crippen LogP contribution is 2.76. The summed E-state index contributed by atoms with van der Waals surface area (Å²) in [5, 5.41) is 142. The van der Waals surface area contributed by atoms with E-state index in [1.807, 2.05) is 0 Å². The third kappa shape index (κ3) is 11.3. The number of hydrogen-bond donors (Lipinski definition) is 14. The van der Waals surface area contributed by atoms with E-state index in [0.717, 1.165) is 25.7 Å². The molecule has 0 spiro atoms. The van der Waals surface area contributed by atoms with Gasteiger partial charge in [-0.25, -0.2) is 0 Å². The summed E-state index contributed by atoms with van der Waals surface area (Å²) < 4.78 is 60.6. The molecule has 26 heteroatoms. The Kier molecular flexibility index (Phi) is 18.7. The minimum absolute atomic E-state index is 0.0714. The van der Waals surface area contributed by atoms with Crippen LogP contribution in [0.1, 0.15) is 120 Å². The van der Waals surface area contributed by atoms with Gasteiger partial charge in [0.05, 0.1) is 51.2 Å². The van der Waals surface area contributed by atoms with E-state index in [1.165, 1.54) is 12.5 Å². The SMILES string of the molecule is CC(=O)N[C@H]1[C@H](O[C@H]2CC[C@@]3(C)C(CC[C@]4(C)C3CC=C3C5CC(C)(C)CC[C@]5(C(=O)O[C@@H]5O[C@H](CO)[C@@H](O)[C@H](O)[C@H]5O[C@@H]5OC[C@](O)(CO)[C@H]5O)CC[C@]34C)C2(C)C)O[C@H](CO[C@@H]2OC[C@H](O)[C@H](O)[C@H]2O)[C@@H](O)[C@@H]1O[C@@H]1OC[C@@H](O)[C@H](O)[C@H]1O. The maximum Gasteiger partial charge on any atom is 0.315 e. The van der Waals surface area contributed by atoms with Crippen molar-refractivity contribution >= 4 is 11.9 Å². The first kappa shape index (κ1) is 65.7. The molecule has 0 aromatic carbocycles. The van der Waals surface area contributed by atoms with Crippen molar-refractivity contribution < 1.29 is 123 Å². The Morgan fingerprint density at radius 2 is 1.28 bits per heavy atom. The normalized spacial score (nSPS) is 52.1. The number of carbonyl (C=O) groups is 2. The second-order valence-electron chi connectivity index (χ2n) is 28.6. The highest BCUT2D eigenvalue weighted by molar-refractivity contribution is 5.79. The third-order valence-corrected chi connectivity index (χ3v) is 22.9. The molecule has 85 heavy (non-hydrogen) atoms. The van der Waals surface area contributed by atoms with Crippen molar-refractivity contribution in [2.45, 2.75) is 254 Å². The molecular weight excluding hydrogens is 1120 g/mol. The topological polar surface area (TPSA) is 401 Å². The second-order valence-corrected chi connectivity index (χ2v) is 28.6. The smallest absolute Gasteiger partial charge is 0.315 e. The molecule has 3 unspecified atom stereocenters. The van der Waals surface area contributed by atoms with Gasteiger partial charge in [-0.15, -0.1) is 0 Å². The maximum atomic E-state index is 15.3. The summed E-state index contributed by atoms with van der Waals surface area (Å²) in [6.07, 6.45) is -21.5. The minimum Gasteiger partial charge on any atom is -0.432 e. The van der Waals surface area contributed by atoms with Gasteiger partial charge in [0.15, 0.2) is 31.3 Å². The molecule has 10 rings (SSSR count). The van der Waals surface area contributed by atoms with E-state index in [4.69, 9.17) is 47.4 Å². The number of hydrogen-bond acceptors (Lipinski definition) is 25. The van der Waals surface area contributed by atoms with E-state index in [2.05, 4.69) is 59.9 Å². The monoisotopic (exact) mass is 1220 g/mol. The fraction of sp³-hybridized carbons (Fsp3) is 0.932. The Balaban J connectivity index is 0.904. The van der Waals surface area contributed by atoms with Crippen LogP contribution in [-0.2, 0) is 57.0 Å². The van der Waals surface area contributed by atoms with E-state index < -0.39 is 190 Å². The number of fused-ring (bicyclic) bond motifs is 7. The summed E-state index contributed by atoms with van der Waals surface area (Å²) in [6.45, 7) is 13.8. The van der Waals surface area contributed by atoms with Crippen molar-refractivity contribution in [2.75, 3.05) is 39.6 Å². The fourth-order valence-electron chi connectivity index (χ4n) is 17.5. The zero-order valence-electron chi connectivity index (χ0n) is 50.0. The molecule has 10 aliphatic rings. The zero-order valence-corrected chi connectivity index (χ0v) is 50.0. The van der Waals surface area contributed by atoms with Gasteiger partial charge in [0.1, 0.15) is 91.0 Å². The van der Waals surface area contributed by atoms with Crippen LogP contribution in [0.5, 0.6) is 0 Å². The van der Waals surface area contributed by atoms with E-state index in [0.29, 0.717) is 38.5 Å². The molecule has 14 N–H and O–H groups in total. The van der Waals surface area contributed by atoms with Gasteiger partial charge in [0.2, 0.25) is 12.2 Å². The van der Waals surface area contributed by atoms with Gasteiger partial charge in [0.25, 0.3) is 0 Å². The molecule has 5 aliphatic heterocycles. The zero-order chi connectivity index (χ0) is 61.9. The fourth-order valence-corrected chi connectivity index (χ4v) is 17.5. The van der Waals surface area contributed by atoms with Crippen LogP contribution in [0.2, 0.25) is 0 Å². The van der Waals surface area contributed by atoms with Crippen molar-refractivity contribution in [3.8, 4) is 0 Å².